The summed E-state index contributed by atoms with van der Waals surface area (Å²) >= 11 is 0. The Morgan fingerprint density at radius 3 is 1.78 bits per heavy atom. The highest BCUT2D eigenvalue weighted by Crippen LogP contribution is 2.34. The number of hydrogen-bond acceptors (Lipinski definition) is 3. The molecular formula is C33H22N4. The molecule has 0 radical (unpaired) electrons. The van der Waals surface area contributed by atoms with E-state index in [-0.39, 0.29) is 46.6 Å². The molecule has 0 N–H and O–H groups in total. The Labute approximate surface area is 227 Å². The largest absolute Gasteiger partial charge is 0.278 e. The number of aromatic nitrogens is 4. The van der Waals surface area contributed by atoms with Gasteiger partial charge in [0, 0.05) is 21.9 Å². The average Bonchev–Trinajstić information content (AvgIpc) is 3.43. The average molecular weight is 484 g/mol. The molecule has 0 aliphatic rings. The summed E-state index contributed by atoms with van der Waals surface area (Å²) in [6, 6.07) is 19.7. The van der Waals surface area contributed by atoms with Gasteiger partial charge in [-0.15, -0.1) is 0 Å². The zero-order valence-electron chi connectivity index (χ0n) is 28.3. The minimum Gasteiger partial charge on any atom is -0.278 e. The van der Waals surface area contributed by atoms with Gasteiger partial charge in [0.2, 0.25) is 5.95 Å². The van der Waals surface area contributed by atoms with Crippen LogP contribution in [0.15, 0.2) is 133 Å². The van der Waals surface area contributed by atoms with Crippen LogP contribution in [0, 0.1) is 0 Å². The molecule has 0 atom stereocenters. The Hall–Kier alpha value is -5.09. The first-order valence-electron chi connectivity index (χ1n) is 16.1. The van der Waals surface area contributed by atoms with E-state index in [4.69, 9.17) is 27.3 Å². The molecule has 4 nitrogen and oxygen atoms in total. The predicted molar refractivity (Wildman–Crippen MR) is 150 cm³/mol. The van der Waals surface area contributed by atoms with E-state index in [0.717, 1.165) is 0 Å². The maximum atomic E-state index is 8.94. The molecule has 0 unspecified atom stereocenters. The summed E-state index contributed by atoms with van der Waals surface area (Å²) in [5, 5.41) is 0.678. The van der Waals surface area contributed by atoms with Crippen molar-refractivity contribution in [1.82, 2.24) is 19.5 Å². The Bertz CT molecular complexity index is 2270. The molecule has 7 rings (SSSR count). The lowest BCUT2D eigenvalue weighted by Gasteiger charge is -2.11. The standard InChI is InChI=1S/C33H22N4/c1-4-12-23(13-5-1)26-20-21-28-27-18-10-11-19-29(27)37(30(28)22-26)33-35-31(24-14-6-2-7-15-24)34-32(36-33)25-16-8-3-9-17-25/h1-22H/i1D,4D,5D,10D,11D,12D,13D,18D,19D. The summed E-state index contributed by atoms with van der Waals surface area (Å²) in [6.07, 6.45) is 0. The number of para-hydroxylation sites is 1. The van der Waals surface area contributed by atoms with Gasteiger partial charge in [0.25, 0.3) is 0 Å². The lowest BCUT2D eigenvalue weighted by Crippen LogP contribution is -2.06. The second kappa shape index (κ2) is 8.85. The van der Waals surface area contributed by atoms with Crippen LogP contribution in [-0.4, -0.2) is 19.5 Å². The molecule has 2 heterocycles. The number of rotatable bonds is 4. The Morgan fingerprint density at radius 1 is 0.486 bits per heavy atom. The van der Waals surface area contributed by atoms with Gasteiger partial charge in [0.1, 0.15) is 0 Å². The second-order valence-corrected chi connectivity index (χ2v) is 8.31. The molecule has 2 aromatic heterocycles. The molecule has 0 aliphatic heterocycles. The predicted octanol–water partition coefficient (Wildman–Crippen LogP) is 7.97. The summed E-state index contributed by atoms with van der Waals surface area (Å²) < 4.78 is 77.7. The van der Waals surface area contributed by atoms with Crippen molar-refractivity contribution in [1.29, 1.82) is 0 Å². The van der Waals surface area contributed by atoms with Crippen LogP contribution >= 0.6 is 0 Å². The van der Waals surface area contributed by atoms with Gasteiger partial charge in [0.05, 0.1) is 23.4 Å². The molecule has 7 aromatic rings. The normalized spacial score (nSPS) is 14.6. The van der Waals surface area contributed by atoms with E-state index in [0.29, 0.717) is 39.2 Å². The highest BCUT2D eigenvalue weighted by Gasteiger charge is 2.18. The van der Waals surface area contributed by atoms with E-state index >= 15 is 0 Å². The first kappa shape index (κ1) is 13.9. The number of nitrogens with zero attached hydrogens (tertiary/aromatic N) is 4. The highest BCUT2D eigenvalue weighted by molar-refractivity contribution is 6.10. The fourth-order valence-corrected chi connectivity index (χ4v) is 4.37. The van der Waals surface area contributed by atoms with Gasteiger partial charge in [-0.2, -0.15) is 9.97 Å². The van der Waals surface area contributed by atoms with Crippen molar-refractivity contribution in [3.05, 3.63) is 133 Å². The summed E-state index contributed by atoms with van der Waals surface area (Å²) in [5.74, 6) is 0.750. The molecule has 37 heavy (non-hydrogen) atoms. The topological polar surface area (TPSA) is 43.6 Å². The lowest BCUT2D eigenvalue weighted by molar-refractivity contribution is 0.953. The van der Waals surface area contributed by atoms with Crippen LogP contribution in [0.5, 0.6) is 0 Å². The van der Waals surface area contributed by atoms with Crippen molar-refractivity contribution in [2.24, 2.45) is 0 Å². The third kappa shape index (κ3) is 3.76. The van der Waals surface area contributed by atoms with Gasteiger partial charge in [-0.05, 0) is 23.2 Å². The van der Waals surface area contributed by atoms with Crippen molar-refractivity contribution >= 4 is 21.8 Å². The third-order valence-electron chi connectivity index (χ3n) is 6.08. The van der Waals surface area contributed by atoms with Crippen molar-refractivity contribution in [3.63, 3.8) is 0 Å². The van der Waals surface area contributed by atoms with Crippen molar-refractivity contribution in [2.45, 2.75) is 0 Å². The monoisotopic (exact) mass is 483 g/mol. The van der Waals surface area contributed by atoms with Gasteiger partial charge in [0.15, 0.2) is 11.6 Å². The van der Waals surface area contributed by atoms with Crippen molar-refractivity contribution in [2.75, 3.05) is 0 Å². The van der Waals surface area contributed by atoms with E-state index in [9.17, 15) is 0 Å². The molecule has 0 aliphatic carbocycles. The maximum absolute atomic E-state index is 8.94. The van der Waals surface area contributed by atoms with Crippen LogP contribution in [0.4, 0.5) is 0 Å². The van der Waals surface area contributed by atoms with Gasteiger partial charge in [-0.1, -0.05) is 121 Å². The minimum atomic E-state index is -0.510. The first-order chi connectivity index (χ1) is 22.1. The number of fused-ring (bicyclic) bond motifs is 3. The molecule has 5 aromatic carbocycles. The molecule has 4 heteroatoms. The van der Waals surface area contributed by atoms with E-state index in [1.54, 1.807) is 18.2 Å². The van der Waals surface area contributed by atoms with Gasteiger partial charge in [-0.25, -0.2) is 4.98 Å². The smallest absolute Gasteiger partial charge is 0.238 e. The van der Waals surface area contributed by atoms with Crippen LogP contribution < -0.4 is 0 Å². The van der Waals surface area contributed by atoms with Crippen LogP contribution in [0.25, 0.3) is 61.7 Å². The highest BCUT2D eigenvalue weighted by atomic mass is 15.2. The zero-order chi connectivity index (χ0) is 32.4. The van der Waals surface area contributed by atoms with E-state index in [1.165, 1.54) is 4.57 Å². The quantitative estimate of drug-likeness (QED) is 0.255. The van der Waals surface area contributed by atoms with Crippen molar-refractivity contribution in [3.8, 4) is 39.9 Å². The second-order valence-electron chi connectivity index (χ2n) is 8.31. The van der Waals surface area contributed by atoms with Crippen LogP contribution in [0.2, 0.25) is 0 Å². The first-order valence-corrected chi connectivity index (χ1v) is 11.6. The minimum absolute atomic E-state index is 0.0187. The molecule has 174 valence electrons. The molecule has 0 amide bonds. The summed E-state index contributed by atoms with van der Waals surface area (Å²) in [5.41, 5.74) is 2.16. The molecule has 0 saturated carbocycles. The Morgan fingerprint density at radius 2 is 1.11 bits per heavy atom. The third-order valence-corrected chi connectivity index (χ3v) is 6.08. The Balaban J connectivity index is 1.64. The molecule has 0 spiro atoms. The SMILES string of the molecule is [2H]c1c([2H])c([2H])c(-c2ccc3c4c([2H])c([2H])c([2H])c([2H])c4n(-c4nc(-c5ccccc5)nc(-c5ccccc5)n4)c3c2)c([2H])c1[2H]. The van der Waals surface area contributed by atoms with E-state index < -0.39 is 30.2 Å². The summed E-state index contributed by atoms with van der Waals surface area (Å²) in [7, 11) is 0. The van der Waals surface area contributed by atoms with E-state index in [2.05, 4.69) is 0 Å². The fraction of sp³-hybridized carbons (Fsp3) is 0. The molecule has 0 saturated heterocycles. The molecule has 0 fully saturated rings. The maximum Gasteiger partial charge on any atom is 0.238 e. The lowest BCUT2D eigenvalue weighted by atomic mass is 10.0. The Kier molecular flexibility index (Phi) is 3.31. The van der Waals surface area contributed by atoms with Gasteiger partial charge < -0.3 is 0 Å². The number of hydrogen-bond donors (Lipinski definition) is 0. The summed E-state index contributed by atoms with van der Waals surface area (Å²) in [4.78, 5) is 14.3. The molecular weight excluding hydrogens is 452 g/mol. The van der Waals surface area contributed by atoms with Crippen LogP contribution in [0.1, 0.15) is 12.3 Å². The number of benzene rings is 5. The van der Waals surface area contributed by atoms with Crippen LogP contribution in [-0.2, 0) is 0 Å². The zero-order valence-corrected chi connectivity index (χ0v) is 19.3. The fourth-order valence-electron chi connectivity index (χ4n) is 4.37. The van der Waals surface area contributed by atoms with Crippen molar-refractivity contribution < 1.29 is 12.3 Å². The summed E-state index contributed by atoms with van der Waals surface area (Å²) in [6.45, 7) is 0. The molecule has 0 bridgehead atoms. The van der Waals surface area contributed by atoms with Gasteiger partial charge >= 0.3 is 0 Å². The van der Waals surface area contributed by atoms with E-state index in [1.807, 2.05) is 60.7 Å². The van der Waals surface area contributed by atoms with Crippen LogP contribution in [0.3, 0.4) is 0 Å². The van der Waals surface area contributed by atoms with Gasteiger partial charge in [-0.3, -0.25) is 4.57 Å².